The van der Waals surface area contributed by atoms with E-state index in [1.165, 1.54) is 101 Å². The number of nitro groups is 2. The summed E-state index contributed by atoms with van der Waals surface area (Å²) in [7, 11) is -4.32. The van der Waals surface area contributed by atoms with E-state index in [9.17, 15) is 20.2 Å². The number of nitro benzene ring substituents is 2. The highest BCUT2D eigenvalue weighted by Gasteiger charge is 2.38. The maximum atomic E-state index is 15.4. The Hall–Kier alpha value is -3.09. The van der Waals surface area contributed by atoms with Crippen molar-refractivity contribution in [3.8, 4) is 11.5 Å². The molecule has 0 aromatic heterocycles. The van der Waals surface area contributed by atoms with Gasteiger partial charge in [0.05, 0.1) is 65.7 Å². The van der Waals surface area contributed by atoms with Crippen LogP contribution in [0.3, 0.4) is 0 Å². The lowest BCUT2D eigenvalue weighted by atomic mass is 10.1. The highest BCUT2D eigenvalue weighted by molar-refractivity contribution is 7.74. The van der Waals surface area contributed by atoms with E-state index in [0.29, 0.717) is 39.3 Å². The molecule has 0 saturated carbocycles. The maximum Gasteiger partial charge on any atom is 0.270 e. The largest absolute Gasteiger partial charge is 0.490 e. The summed E-state index contributed by atoms with van der Waals surface area (Å²) in [6, 6.07) is 7.70. The van der Waals surface area contributed by atoms with Gasteiger partial charge in [-0.25, -0.2) is 0 Å². The van der Waals surface area contributed by atoms with Crippen LogP contribution in [-0.2, 0) is 23.3 Å². The van der Waals surface area contributed by atoms with Crippen LogP contribution in [0.15, 0.2) is 36.4 Å². The molecule has 0 fully saturated rings. The van der Waals surface area contributed by atoms with Gasteiger partial charge in [-0.15, -0.1) is 0 Å². The second kappa shape index (κ2) is 27.5. The third-order valence-corrected chi connectivity index (χ3v) is 12.6. The summed E-state index contributed by atoms with van der Waals surface area (Å²) in [4.78, 5) is 22.9. The fourth-order valence-electron chi connectivity index (χ4n) is 6.85. The minimum absolute atomic E-state index is 0.0596. The van der Waals surface area contributed by atoms with Gasteiger partial charge in [0.15, 0.2) is 0 Å². The van der Waals surface area contributed by atoms with Crippen molar-refractivity contribution in [2.75, 3.05) is 46.2 Å². The molecular formula is C42H67N2O11P. The normalized spacial score (nSPS) is 18.1. The van der Waals surface area contributed by atoms with Crippen LogP contribution in [0.5, 0.6) is 11.5 Å². The molecule has 316 valence electrons. The van der Waals surface area contributed by atoms with Crippen LogP contribution in [0.2, 0.25) is 0 Å². The predicted molar refractivity (Wildman–Crippen MR) is 220 cm³/mol. The van der Waals surface area contributed by atoms with Crippen LogP contribution >= 0.6 is 7.37 Å². The first-order chi connectivity index (χ1) is 27.2. The minimum atomic E-state index is -4.32. The highest BCUT2D eigenvalue weighted by Crippen LogP contribution is 2.51. The minimum Gasteiger partial charge on any atom is -0.490 e. The molecule has 0 amide bonds. The summed E-state index contributed by atoms with van der Waals surface area (Å²) in [5.74, 6) is 0.199. The zero-order chi connectivity index (χ0) is 40.4. The molecule has 13 nitrogen and oxygen atoms in total. The molecule has 0 spiro atoms. The van der Waals surface area contributed by atoms with Gasteiger partial charge in [0.25, 0.3) is 18.7 Å². The molecule has 0 bridgehead atoms. The van der Waals surface area contributed by atoms with Gasteiger partial charge in [-0.1, -0.05) is 117 Å². The molecule has 2 aromatic carbocycles. The van der Waals surface area contributed by atoms with Crippen LogP contribution in [0.25, 0.3) is 0 Å². The van der Waals surface area contributed by atoms with Gasteiger partial charge in [0.2, 0.25) is 0 Å². The number of ether oxygens (including phenoxy) is 5. The van der Waals surface area contributed by atoms with Gasteiger partial charge < -0.3 is 28.2 Å². The van der Waals surface area contributed by atoms with E-state index in [2.05, 4.69) is 13.8 Å². The van der Waals surface area contributed by atoms with Crippen LogP contribution in [-0.4, -0.2) is 68.3 Å². The topological polar surface area (TPSA) is 159 Å². The smallest absolute Gasteiger partial charge is 0.270 e. The van der Waals surface area contributed by atoms with Crippen LogP contribution < -0.4 is 20.1 Å². The molecule has 1 aliphatic rings. The summed E-state index contributed by atoms with van der Waals surface area (Å²) >= 11 is 0. The molecule has 1 aliphatic heterocycles. The van der Waals surface area contributed by atoms with E-state index in [1.54, 1.807) is 6.92 Å². The third kappa shape index (κ3) is 16.8. The van der Waals surface area contributed by atoms with Gasteiger partial charge in [-0.2, -0.15) is 0 Å². The SMILES string of the molecule is CCCCCCCCCC[C@@H]1COc2ccc([N+](=O)[O-])cc2P(=O)(OCC)c2cc([N+](=O)[O-])ccc2OC[C@@H](CCCCCCCCCC)OCCOCCO1. The molecule has 0 N–H and O–H groups in total. The van der Waals surface area contributed by atoms with E-state index in [1.807, 2.05) is 0 Å². The summed E-state index contributed by atoms with van der Waals surface area (Å²) in [5.41, 5.74) is -0.657. The number of unbranched alkanes of at least 4 members (excludes halogenated alkanes) is 14. The number of nitrogens with zero attached hydrogens (tertiary/aromatic N) is 2. The molecule has 0 aliphatic carbocycles. The van der Waals surface area contributed by atoms with Crippen LogP contribution in [0.4, 0.5) is 11.4 Å². The molecule has 2 atom stereocenters. The second-order valence-corrected chi connectivity index (χ2v) is 16.9. The molecule has 0 radical (unpaired) electrons. The number of hydrogen-bond donors (Lipinski definition) is 0. The van der Waals surface area contributed by atoms with Crippen molar-refractivity contribution in [1.29, 1.82) is 0 Å². The number of fused-ring (bicyclic) bond motifs is 2. The molecule has 14 heteroatoms. The number of non-ortho nitro benzene ring substituents is 2. The molecule has 1 heterocycles. The number of hydrogen-bond acceptors (Lipinski definition) is 11. The Kier molecular flexibility index (Phi) is 23.2. The first kappa shape index (κ1) is 47.3. The van der Waals surface area contributed by atoms with Crippen molar-refractivity contribution in [2.45, 2.75) is 149 Å². The fraction of sp³-hybridized carbons (Fsp3) is 0.714. The number of rotatable bonds is 22. The van der Waals surface area contributed by atoms with Crippen molar-refractivity contribution in [1.82, 2.24) is 0 Å². The summed E-state index contributed by atoms with van der Waals surface area (Å²) in [5, 5.41) is 23.9. The monoisotopic (exact) mass is 806 g/mol. The van der Waals surface area contributed by atoms with Gasteiger partial charge in [-0.3, -0.25) is 24.8 Å². The Morgan fingerprint density at radius 1 is 0.607 bits per heavy atom. The van der Waals surface area contributed by atoms with Crippen molar-refractivity contribution < 1.29 is 42.6 Å². The lowest BCUT2D eigenvalue weighted by molar-refractivity contribution is -0.384. The average molecular weight is 807 g/mol. The van der Waals surface area contributed by atoms with Crippen LogP contribution in [0.1, 0.15) is 136 Å². The van der Waals surface area contributed by atoms with Gasteiger partial charge in [-0.05, 0) is 31.9 Å². The summed E-state index contributed by atoms with van der Waals surface area (Å²) in [6.45, 7) is 7.56. The maximum absolute atomic E-state index is 15.4. The Morgan fingerprint density at radius 3 is 1.38 bits per heavy atom. The molecule has 3 rings (SSSR count). The number of benzene rings is 2. The summed E-state index contributed by atoms with van der Waals surface area (Å²) in [6.07, 6.45) is 19.3. The average Bonchev–Trinajstić information content (AvgIpc) is 3.19. The van der Waals surface area contributed by atoms with E-state index >= 15 is 4.57 Å². The van der Waals surface area contributed by atoms with Crippen molar-refractivity contribution >= 4 is 29.4 Å². The Morgan fingerprint density at radius 2 is 1.00 bits per heavy atom. The fourth-order valence-corrected chi connectivity index (χ4v) is 9.21. The standard InChI is InChI=1S/C42H67N2O11P/c1-4-7-9-11-13-15-17-19-21-37-33-53-39-25-23-35(43(45)46)31-41(39)56(49,55-6-3)42-32-36(44(47)48)24-26-40(42)54-34-38(52-30-28-50-27-29-51-37)22-20-18-16-14-12-10-8-5-2/h23-26,31-32,37-38H,4-22,27-30,33-34H2,1-3H3/t37-,38-/m1/s1. The van der Waals surface area contributed by atoms with Gasteiger partial charge >= 0.3 is 0 Å². The van der Waals surface area contributed by atoms with E-state index < -0.39 is 17.2 Å². The van der Waals surface area contributed by atoms with E-state index in [-0.39, 0.29) is 65.5 Å². The lowest BCUT2D eigenvalue weighted by Crippen LogP contribution is -2.29. The van der Waals surface area contributed by atoms with Gasteiger partial charge in [0.1, 0.15) is 24.7 Å². The molecular weight excluding hydrogens is 739 g/mol. The quantitative estimate of drug-likeness (QED) is 0.0482. The first-order valence-corrected chi connectivity index (χ1v) is 22.7. The third-order valence-electron chi connectivity index (χ3n) is 10.0. The zero-order valence-electron chi connectivity index (χ0n) is 34.1. The van der Waals surface area contributed by atoms with Crippen molar-refractivity contribution in [3.05, 3.63) is 56.6 Å². The second-order valence-electron chi connectivity index (χ2n) is 14.5. The van der Waals surface area contributed by atoms with Gasteiger partial charge in [0, 0.05) is 24.3 Å². The van der Waals surface area contributed by atoms with Crippen LogP contribution in [0, 0.1) is 20.2 Å². The Balaban J connectivity index is 1.94. The lowest BCUT2D eigenvalue weighted by Gasteiger charge is -2.26. The Labute approximate surface area is 334 Å². The summed E-state index contributed by atoms with van der Waals surface area (Å²) < 4.78 is 52.4. The molecule has 56 heavy (non-hydrogen) atoms. The van der Waals surface area contributed by atoms with Crippen molar-refractivity contribution in [3.63, 3.8) is 0 Å². The van der Waals surface area contributed by atoms with E-state index in [4.69, 9.17) is 28.2 Å². The molecule has 2 aromatic rings. The van der Waals surface area contributed by atoms with E-state index in [0.717, 1.165) is 38.5 Å². The Bertz CT molecular complexity index is 1370. The molecule has 0 unspecified atom stereocenters. The predicted octanol–water partition coefficient (Wildman–Crippen LogP) is 10.4. The molecule has 0 saturated heterocycles. The first-order valence-electron chi connectivity index (χ1n) is 21.1. The highest BCUT2D eigenvalue weighted by atomic mass is 31.2. The van der Waals surface area contributed by atoms with Crippen molar-refractivity contribution in [2.24, 2.45) is 0 Å². The zero-order valence-corrected chi connectivity index (χ0v) is 35.0.